The fourth-order valence-corrected chi connectivity index (χ4v) is 3.64. The third kappa shape index (κ3) is 3.58. The molecule has 110 valence electrons. The summed E-state index contributed by atoms with van der Waals surface area (Å²) in [6.45, 7) is 8.38. The molecule has 1 aromatic rings. The standard InChI is InChI=1S/C17H27N3/c1-15-4-6-17(7-5-15)20-11-9-19(10-12-20)14-16-3-2-8-18-13-16/h2-3,8,13,15,17H,4-7,9-12,14H2,1H3. The van der Waals surface area contributed by atoms with Gasteiger partial charge in [-0.05, 0) is 43.2 Å². The molecule has 1 saturated heterocycles. The first-order chi connectivity index (χ1) is 9.81. The second kappa shape index (κ2) is 6.68. The van der Waals surface area contributed by atoms with Crippen LogP contribution in [-0.4, -0.2) is 47.0 Å². The van der Waals surface area contributed by atoms with Crippen LogP contribution >= 0.6 is 0 Å². The number of hydrogen-bond donors (Lipinski definition) is 0. The average molecular weight is 273 g/mol. The first kappa shape index (κ1) is 14.0. The molecular weight excluding hydrogens is 246 g/mol. The molecule has 2 heterocycles. The van der Waals surface area contributed by atoms with Gasteiger partial charge in [0.1, 0.15) is 0 Å². The largest absolute Gasteiger partial charge is 0.298 e. The lowest BCUT2D eigenvalue weighted by atomic mass is 9.86. The summed E-state index contributed by atoms with van der Waals surface area (Å²) in [4.78, 5) is 9.52. The van der Waals surface area contributed by atoms with Gasteiger partial charge in [0, 0.05) is 51.2 Å². The minimum Gasteiger partial charge on any atom is -0.298 e. The molecule has 20 heavy (non-hydrogen) atoms. The molecule has 1 saturated carbocycles. The highest BCUT2D eigenvalue weighted by Crippen LogP contribution is 2.27. The number of rotatable bonds is 3. The number of piperazine rings is 1. The van der Waals surface area contributed by atoms with Gasteiger partial charge in [0.2, 0.25) is 0 Å². The predicted molar refractivity (Wildman–Crippen MR) is 82.5 cm³/mol. The minimum atomic E-state index is 0.867. The molecular formula is C17H27N3. The van der Waals surface area contributed by atoms with Crippen molar-refractivity contribution in [3.63, 3.8) is 0 Å². The highest BCUT2D eigenvalue weighted by atomic mass is 15.3. The lowest BCUT2D eigenvalue weighted by Gasteiger charge is -2.41. The Labute approximate surface area is 123 Å². The van der Waals surface area contributed by atoms with Gasteiger partial charge >= 0.3 is 0 Å². The van der Waals surface area contributed by atoms with Crippen LogP contribution in [0.15, 0.2) is 24.5 Å². The van der Waals surface area contributed by atoms with Crippen molar-refractivity contribution in [1.82, 2.24) is 14.8 Å². The van der Waals surface area contributed by atoms with E-state index in [4.69, 9.17) is 0 Å². The van der Waals surface area contributed by atoms with Crippen molar-refractivity contribution in [2.75, 3.05) is 26.2 Å². The van der Waals surface area contributed by atoms with Gasteiger partial charge < -0.3 is 0 Å². The van der Waals surface area contributed by atoms with E-state index in [1.165, 1.54) is 57.4 Å². The summed E-state index contributed by atoms with van der Waals surface area (Å²) in [6.07, 6.45) is 9.55. The van der Waals surface area contributed by atoms with Gasteiger partial charge in [-0.1, -0.05) is 13.0 Å². The van der Waals surface area contributed by atoms with Crippen molar-refractivity contribution in [1.29, 1.82) is 0 Å². The molecule has 0 aromatic carbocycles. The van der Waals surface area contributed by atoms with Crippen molar-refractivity contribution in [3.8, 4) is 0 Å². The smallest absolute Gasteiger partial charge is 0.0312 e. The van der Waals surface area contributed by atoms with Crippen LogP contribution in [0.4, 0.5) is 0 Å². The van der Waals surface area contributed by atoms with Crippen LogP contribution in [0.2, 0.25) is 0 Å². The average Bonchev–Trinajstić information content (AvgIpc) is 2.50. The zero-order valence-electron chi connectivity index (χ0n) is 12.7. The first-order valence-corrected chi connectivity index (χ1v) is 8.16. The Hall–Kier alpha value is -0.930. The van der Waals surface area contributed by atoms with Crippen molar-refractivity contribution < 1.29 is 0 Å². The molecule has 3 heteroatoms. The predicted octanol–water partition coefficient (Wildman–Crippen LogP) is 2.78. The Morgan fingerprint density at radius 2 is 1.85 bits per heavy atom. The van der Waals surface area contributed by atoms with E-state index < -0.39 is 0 Å². The fourth-order valence-electron chi connectivity index (χ4n) is 3.64. The first-order valence-electron chi connectivity index (χ1n) is 8.16. The van der Waals surface area contributed by atoms with E-state index >= 15 is 0 Å². The summed E-state index contributed by atoms with van der Waals surface area (Å²) in [5, 5.41) is 0. The minimum absolute atomic E-state index is 0.867. The molecule has 3 rings (SSSR count). The highest BCUT2D eigenvalue weighted by Gasteiger charge is 2.26. The van der Waals surface area contributed by atoms with Crippen LogP contribution in [-0.2, 0) is 6.54 Å². The number of pyridine rings is 1. The normalized spacial score (nSPS) is 29.4. The number of hydrogen-bond acceptors (Lipinski definition) is 3. The van der Waals surface area contributed by atoms with Crippen LogP contribution < -0.4 is 0 Å². The lowest BCUT2D eigenvalue weighted by Crippen LogP contribution is -2.50. The van der Waals surface area contributed by atoms with E-state index in [1.54, 1.807) is 0 Å². The second-order valence-corrected chi connectivity index (χ2v) is 6.59. The Kier molecular flexibility index (Phi) is 4.69. The molecule has 1 aromatic heterocycles. The van der Waals surface area contributed by atoms with Gasteiger partial charge in [-0.3, -0.25) is 14.8 Å². The van der Waals surface area contributed by atoms with Crippen molar-refractivity contribution in [2.24, 2.45) is 5.92 Å². The summed E-state index contributed by atoms with van der Waals surface area (Å²) in [7, 11) is 0. The maximum Gasteiger partial charge on any atom is 0.0312 e. The van der Waals surface area contributed by atoms with Crippen molar-refractivity contribution in [2.45, 2.75) is 45.2 Å². The third-order valence-corrected chi connectivity index (χ3v) is 5.04. The fraction of sp³-hybridized carbons (Fsp3) is 0.706. The Morgan fingerprint density at radius 3 is 2.50 bits per heavy atom. The molecule has 3 nitrogen and oxygen atoms in total. The molecule has 0 N–H and O–H groups in total. The van der Waals surface area contributed by atoms with E-state index in [9.17, 15) is 0 Å². The molecule has 0 unspecified atom stereocenters. The van der Waals surface area contributed by atoms with Crippen LogP contribution in [0.3, 0.4) is 0 Å². The Balaban J connectivity index is 1.45. The monoisotopic (exact) mass is 273 g/mol. The van der Waals surface area contributed by atoms with E-state index in [2.05, 4.69) is 27.8 Å². The van der Waals surface area contributed by atoms with Gasteiger partial charge in [0.15, 0.2) is 0 Å². The molecule has 0 spiro atoms. The van der Waals surface area contributed by atoms with E-state index in [0.717, 1.165) is 18.5 Å². The maximum absolute atomic E-state index is 4.21. The van der Waals surface area contributed by atoms with E-state index in [1.807, 2.05) is 18.5 Å². The zero-order chi connectivity index (χ0) is 13.8. The molecule has 0 atom stereocenters. The lowest BCUT2D eigenvalue weighted by molar-refractivity contribution is 0.0689. The molecule has 0 radical (unpaired) electrons. The summed E-state index contributed by atoms with van der Waals surface area (Å²) in [5.41, 5.74) is 1.34. The van der Waals surface area contributed by atoms with Crippen molar-refractivity contribution in [3.05, 3.63) is 30.1 Å². The van der Waals surface area contributed by atoms with E-state index in [0.29, 0.717) is 0 Å². The second-order valence-electron chi connectivity index (χ2n) is 6.59. The van der Waals surface area contributed by atoms with E-state index in [-0.39, 0.29) is 0 Å². The van der Waals surface area contributed by atoms with Gasteiger partial charge in [-0.25, -0.2) is 0 Å². The summed E-state index contributed by atoms with van der Waals surface area (Å²) < 4.78 is 0. The topological polar surface area (TPSA) is 19.4 Å². The van der Waals surface area contributed by atoms with Gasteiger partial charge in [0.05, 0.1) is 0 Å². The summed E-state index contributed by atoms with van der Waals surface area (Å²) in [5.74, 6) is 0.957. The van der Waals surface area contributed by atoms with Crippen LogP contribution in [0, 0.1) is 5.92 Å². The number of nitrogens with zero attached hydrogens (tertiary/aromatic N) is 3. The Bertz CT molecular complexity index is 390. The SMILES string of the molecule is CC1CCC(N2CCN(Cc3cccnc3)CC2)CC1. The summed E-state index contributed by atoms with van der Waals surface area (Å²) >= 11 is 0. The maximum atomic E-state index is 4.21. The summed E-state index contributed by atoms with van der Waals surface area (Å²) in [6, 6.07) is 5.09. The van der Waals surface area contributed by atoms with Crippen LogP contribution in [0.1, 0.15) is 38.2 Å². The van der Waals surface area contributed by atoms with Crippen LogP contribution in [0.5, 0.6) is 0 Å². The van der Waals surface area contributed by atoms with Crippen LogP contribution in [0.25, 0.3) is 0 Å². The molecule has 2 aliphatic rings. The quantitative estimate of drug-likeness (QED) is 0.844. The molecule has 1 aliphatic carbocycles. The highest BCUT2D eigenvalue weighted by molar-refractivity contribution is 5.08. The molecule has 0 bridgehead atoms. The van der Waals surface area contributed by atoms with Gasteiger partial charge in [-0.15, -0.1) is 0 Å². The van der Waals surface area contributed by atoms with Gasteiger partial charge in [-0.2, -0.15) is 0 Å². The molecule has 0 amide bonds. The zero-order valence-corrected chi connectivity index (χ0v) is 12.7. The third-order valence-electron chi connectivity index (χ3n) is 5.04. The van der Waals surface area contributed by atoms with Gasteiger partial charge in [0.25, 0.3) is 0 Å². The molecule has 2 fully saturated rings. The van der Waals surface area contributed by atoms with Crippen molar-refractivity contribution >= 4 is 0 Å². The Morgan fingerprint density at radius 1 is 1.10 bits per heavy atom. The molecule has 1 aliphatic heterocycles. The number of aromatic nitrogens is 1.